The number of aryl methyl sites for hydroxylation is 2. The average molecular weight is 323 g/mol. The second-order valence-electron chi connectivity index (χ2n) is 4.52. The van der Waals surface area contributed by atoms with Gasteiger partial charge in [0.2, 0.25) is 0 Å². The van der Waals surface area contributed by atoms with Crippen molar-refractivity contribution in [1.29, 1.82) is 0 Å². The smallest absolute Gasteiger partial charge is 0.344 e. The van der Waals surface area contributed by atoms with E-state index in [2.05, 4.69) is 10.5 Å². The van der Waals surface area contributed by atoms with E-state index in [0.29, 0.717) is 28.6 Å². The van der Waals surface area contributed by atoms with E-state index in [1.807, 2.05) is 6.92 Å². The summed E-state index contributed by atoms with van der Waals surface area (Å²) in [6.07, 6.45) is 0.535. The summed E-state index contributed by atoms with van der Waals surface area (Å²) in [5.41, 5.74) is 1.24. The summed E-state index contributed by atoms with van der Waals surface area (Å²) >= 11 is 5.93. The van der Waals surface area contributed by atoms with Gasteiger partial charge in [-0.1, -0.05) is 35.8 Å². The summed E-state index contributed by atoms with van der Waals surface area (Å²) in [5.74, 6) is -0.744. The molecule has 0 saturated carbocycles. The number of carbonyl (C=O) groups is 2. The van der Waals surface area contributed by atoms with Gasteiger partial charge in [-0.25, -0.2) is 4.79 Å². The highest BCUT2D eigenvalue weighted by Crippen LogP contribution is 2.20. The van der Waals surface area contributed by atoms with Crippen LogP contribution < -0.4 is 5.32 Å². The molecule has 0 aliphatic heterocycles. The van der Waals surface area contributed by atoms with E-state index in [-0.39, 0.29) is 5.56 Å². The SMILES string of the molecule is CCc1noc(C)c1C(=O)OCC(=O)Nc1ccccc1Cl. The first kappa shape index (κ1) is 16.0. The fraction of sp³-hybridized carbons (Fsp3) is 0.267. The Morgan fingerprint density at radius 3 is 2.77 bits per heavy atom. The van der Waals surface area contributed by atoms with Gasteiger partial charge in [-0.2, -0.15) is 0 Å². The Labute approximate surface area is 132 Å². The van der Waals surface area contributed by atoms with E-state index in [4.69, 9.17) is 20.9 Å². The second kappa shape index (κ2) is 7.09. The van der Waals surface area contributed by atoms with Gasteiger partial charge in [0.25, 0.3) is 5.91 Å². The Morgan fingerprint density at radius 2 is 2.09 bits per heavy atom. The standard InChI is InChI=1S/C15H15ClN2O4/c1-3-11-14(9(2)22-18-11)15(20)21-8-13(19)17-12-7-5-4-6-10(12)16/h4-7H,3,8H2,1-2H3,(H,17,19). The first-order valence-corrected chi connectivity index (χ1v) is 7.07. The Balaban J connectivity index is 1.95. The minimum absolute atomic E-state index is 0.271. The van der Waals surface area contributed by atoms with Crippen molar-refractivity contribution < 1.29 is 18.8 Å². The number of para-hydroxylation sites is 1. The minimum atomic E-state index is -0.634. The van der Waals surface area contributed by atoms with Crippen LogP contribution in [0.1, 0.15) is 28.7 Å². The molecule has 0 unspecified atom stereocenters. The molecular weight excluding hydrogens is 308 g/mol. The van der Waals surface area contributed by atoms with E-state index < -0.39 is 18.5 Å². The molecule has 0 aliphatic carbocycles. The first-order valence-electron chi connectivity index (χ1n) is 6.69. The zero-order valence-corrected chi connectivity index (χ0v) is 12.9. The van der Waals surface area contributed by atoms with Crippen LogP contribution in [0.4, 0.5) is 5.69 Å². The van der Waals surface area contributed by atoms with Gasteiger partial charge in [-0.3, -0.25) is 4.79 Å². The van der Waals surface area contributed by atoms with Crippen LogP contribution in [0.2, 0.25) is 5.02 Å². The molecule has 1 heterocycles. The molecule has 0 aliphatic rings. The Kier molecular flexibility index (Phi) is 5.16. The fourth-order valence-corrected chi connectivity index (χ4v) is 2.06. The van der Waals surface area contributed by atoms with Crippen molar-refractivity contribution in [3.63, 3.8) is 0 Å². The second-order valence-corrected chi connectivity index (χ2v) is 4.93. The molecule has 7 heteroatoms. The van der Waals surface area contributed by atoms with Crippen molar-refractivity contribution in [1.82, 2.24) is 5.16 Å². The van der Waals surface area contributed by atoms with Gasteiger partial charge in [0, 0.05) is 0 Å². The summed E-state index contributed by atoms with van der Waals surface area (Å²) in [7, 11) is 0. The third-order valence-electron chi connectivity index (χ3n) is 2.95. The van der Waals surface area contributed by atoms with Crippen molar-refractivity contribution in [2.45, 2.75) is 20.3 Å². The molecule has 0 radical (unpaired) electrons. The predicted molar refractivity (Wildman–Crippen MR) is 81.0 cm³/mol. The number of aromatic nitrogens is 1. The Morgan fingerprint density at radius 1 is 1.36 bits per heavy atom. The molecule has 0 saturated heterocycles. The van der Waals surface area contributed by atoms with Crippen molar-refractivity contribution in [3.05, 3.63) is 46.3 Å². The summed E-state index contributed by atoms with van der Waals surface area (Å²) in [6.45, 7) is 3.04. The van der Waals surface area contributed by atoms with Crippen LogP contribution in [0, 0.1) is 6.92 Å². The number of nitrogens with one attached hydrogen (secondary N) is 1. The highest BCUT2D eigenvalue weighted by Gasteiger charge is 2.21. The lowest BCUT2D eigenvalue weighted by Crippen LogP contribution is -2.21. The predicted octanol–water partition coefficient (Wildman–Crippen LogP) is 2.99. The Bertz CT molecular complexity index is 697. The van der Waals surface area contributed by atoms with E-state index in [0.717, 1.165) is 0 Å². The van der Waals surface area contributed by atoms with Crippen molar-refractivity contribution in [2.75, 3.05) is 11.9 Å². The number of ether oxygens (including phenoxy) is 1. The van der Waals surface area contributed by atoms with Gasteiger partial charge in [0.15, 0.2) is 6.61 Å². The van der Waals surface area contributed by atoms with Crippen molar-refractivity contribution >= 4 is 29.2 Å². The molecule has 1 aromatic carbocycles. The number of anilines is 1. The largest absolute Gasteiger partial charge is 0.452 e. The maximum absolute atomic E-state index is 12.0. The number of halogens is 1. The summed E-state index contributed by atoms with van der Waals surface area (Å²) < 4.78 is 9.95. The highest BCUT2D eigenvalue weighted by atomic mass is 35.5. The van der Waals surface area contributed by atoms with Gasteiger partial charge >= 0.3 is 5.97 Å². The number of nitrogens with zero attached hydrogens (tertiary/aromatic N) is 1. The molecule has 0 spiro atoms. The summed E-state index contributed by atoms with van der Waals surface area (Å²) in [4.78, 5) is 23.8. The van der Waals surface area contributed by atoms with E-state index >= 15 is 0 Å². The molecule has 0 atom stereocenters. The molecule has 22 heavy (non-hydrogen) atoms. The molecule has 6 nitrogen and oxygen atoms in total. The molecule has 1 aromatic heterocycles. The molecule has 0 fully saturated rings. The van der Waals surface area contributed by atoms with Gasteiger partial charge in [-0.05, 0) is 25.5 Å². The number of hydrogen-bond acceptors (Lipinski definition) is 5. The quantitative estimate of drug-likeness (QED) is 0.856. The topological polar surface area (TPSA) is 81.4 Å². The number of esters is 1. The zero-order valence-electron chi connectivity index (χ0n) is 12.2. The van der Waals surface area contributed by atoms with E-state index in [1.54, 1.807) is 31.2 Å². The van der Waals surface area contributed by atoms with Gasteiger partial charge in [-0.15, -0.1) is 0 Å². The summed E-state index contributed by atoms with van der Waals surface area (Å²) in [5, 5.41) is 6.74. The third kappa shape index (κ3) is 3.65. The van der Waals surface area contributed by atoms with Gasteiger partial charge in [0.05, 0.1) is 16.4 Å². The van der Waals surface area contributed by atoms with Crippen LogP contribution in [0.5, 0.6) is 0 Å². The lowest BCUT2D eigenvalue weighted by molar-refractivity contribution is -0.119. The van der Waals surface area contributed by atoms with Crippen LogP contribution in [0.15, 0.2) is 28.8 Å². The molecule has 1 amide bonds. The van der Waals surface area contributed by atoms with Crippen LogP contribution >= 0.6 is 11.6 Å². The van der Waals surface area contributed by atoms with Gasteiger partial charge < -0.3 is 14.6 Å². The van der Waals surface area contributed by atoms with Gasteiger partial charge in [0.1, 0.15) is 11.3 Å². The number of benzene rings is 1. The van der Waals surface area contributed by atoms with Crippen LogP contribution in [-0.4, -0.2) is 23.6 Å². The minimum Gasteiger partial charge on any atom is -0.452 e. The summed E-state index contributed by atoms with van der Waals surface area (Å²) in [6, 6.07) is 6.79. The zero-order chi connectivity index (χ0) is 16.1. The molecule has 116 valence electrons. The third-order valence-corrected chi connectivity index (χ3v) is 3.28. The van der Waals surface area contributed by atoms with E-state index in [9.17, 15) is 9.59 Å². The molecular formula is C15H15ClN2O4. The molecule has 2 rings (SSSR count). The first-order chi connectivity index (χ1) is 10.5. The van der Waals surface area contributed by atoms with E-state index in [1.165, 1.54) is 0 Å². The lowest BCUT2D eigenvalue weighted by Gasteiger charge is -2.07. The number of amides is 1. The van der Waals surface area contributed by atoms with Crippen LogP contribution in [-0.2, 0) is 16.0 Å². The number of carbonyl (C=O) groups excluding carboxylic acids is 2. The normalized spacial score (nSPS) is 10.3. The fourth-order valence-electron chi connectivity index (χ4n) is 1.87. The molecule has 2 aromatic rings. The number of hydrogen-bond donors (Lipinski definition) is 1. The molecule has 0 bridgehead atoms. The van der Waals surface area contributed by atoms with Crippen molar-refractivity contribution in [2.24, 2.45) is 0 Å². The number of rotatable bonds is 5. The monoisotopic (exact) mass is 322 g/mol. The molecule has 1 N–H and O–H groups in total. The lowest BCUT2D eigenvalue weighted by atomic mass is 10.1. The highest BCUT2D eigenvalue weighted by molar-refractivity contribution is 6.33. The Hall–Kier alpha value is -2.34. The van der Waals surface area contributed by atoms with Crippen LogP contribution in [0.3, 0.4) is 0 Å². The van der Waals surface area contributed by atoms with Crippen LogP contribution in [0.25, 0.3) is 0 Å². The maximum Gasteiger partial charge on any atom is 0.344 e. The maximum atomic E-state index is 12.0. The average Bonchev–Trinajstić information content (AvgIpc) is 2.88. The van der Waals surface area contributed by atoms with Crippen molar-refractivity contribution in [3.8, 4) is 0 Å².